The lowest BCUT2D eigenvalue weighted by atomic mass is 9.86. The van der Waals surface area contributed by atoms with Crippen molar-refractivity contribution in [3.05, 3.63) is 70.1 Å². The van der Waals surface area contributed by atoms with E-state index in [1.165, 1.54) is 42.0 Å². The fourth-order valence-corrected chi connectivity index (χ4v) is 4.37. The van der Waals surface area contributed by atoms with Crippen LogP contribution in [0.1, 0.15) is 66.5 Å². The standard InChI is InChI=1S/C26H27N3O5S/c1-14(20-13-35-23(22(20)31)16-6-9-18(10-7-16)26(3,4)5)28-29-24(32)17-8-11-19(25(33)34)21(12-17)27-15(2)30/h6-13,31H,1-5H3,(H,27,30)(H,29,32)(H,33,34)/b28-14+. The van der Waals surface area contributed by atoms with Gasteiger partial charge in [-0.3, -0.25) is 9.59 Å². The summed E-state index contributed by atoms with van der Waals surface area (Å²) < 4.78 is 0. The summed E-state index contributed by atoms with van der Waals surface area (Å²) in [4.78, 5) is 36.0. The van der Waals surface area contributed by atoms with Crippen molar-refractivity contribution in [1.29, 1.82) is 0 Å². The summed E-state index contributed by atoms with van der Waals surface area (Å²) in [5, 5.41) is 28.3. The molecule has 0 saturated heterocycles. The van der Waals surface area contributed by atoms with E-state index in [1.54, 1.807) is 12.3 Å². The molecule has 0 unspecified atom stereocenters. The molecule has 3 rings (SSSR count). The number of aromatic carboxylic acids is 1. The number of hydrazone groups is 1. The van der Waals surface area contributed by atoms with E-state index >= 15 is 0 Å². The van der Waals surface area contributed by atoms with E-state index < -0.39 is 17.8 Å². The first-order valence-corrected chi connectivity index (χ1v) is 11.7. The minimum atomic E-state index is -1.23. The molecule has 2 aromatic carbocycles. The van der Waals surface area contributed by atoms with Gasteiger partial charge in [-0.25, -0.2) is 10.2 Å². The van der Waals surface area contributed by atoms with E-state index in [-0.39, 0.29) is 28.0 Å². The molecule has 182 valence electrons. The van der Waals surface area contributed by atoms with Gasteiger partial charge in [-0.05, 0) is 41.7 Å². The van der Waals surface area contributed by atoms with Crippen molar-refractivity contribution in [1.82, 2.24) is 5.43 Å². The average molecular weight is 494 g/mol. The number of hydrogen-bond donors (Lipinski definition) is 4. The number of aromatic hydroxyl groups is 1. The summed E-state index contributed by atoms with van der Waals surface area (Å²) >= 11 is 1.37. The largest absolute Gasteiger partial charge is 0.506 e. The number of nitrogens with zero attached hydrogens (tertiary/aromatic N) is 1. The van der Waals surface area contributed by atoms with Gasteiger partial charge in [0.1, 0.15) is 5.75 Å². The first-order valence-electron chi connectivity index (χ1n) is 10.8. The zero-order valence-corrected chi connectivity index (χ0v) is 20.9. The number of hydrogen-bond acceptors (Lipinski definition) is 6. The maximum absolute atomic E-state index is 12.6. The van der Waals surface area contributed by atoms with Crippen molar-refractivity contribution in [2.75, 3.05) is 5.32 Å². The summed E-state index contributed by atoms with van der Waals surface area (Å²) in [5.74, 6) is -2.21. The van der Waals surface area contributed by atoms with Crippen molar-refractivity contribution >= 4 is 40.5 Å². The van der Waals surface area contributed by atoms with Crippen LogP contribution >= 0.6 is 11.3 Å². The van der Waals surface area contributed by atoms with Crippen molar-refractivity contribution in [3.8, 4) is 16.2 Å². The average Bonchev–Trinajstić information content (AvgIpc) is 3.17. The van der Waals surface area contributed by atoms with E-state index in [9.17, 15) is 24.6 Å². The van der Waals surface area contributed by atoms with Crippen LogP contribution in [0.3, 0.4) is 0 Å². The number of thiophene rings is 1. The third-order valence-corrected chi connectivity index (χ3v) is 6.33. The second kappa shape index (κ2) is 10.1. The Morgan fingerprint density at radius 3 is 2.20 bits per heavy atom. The molecule has 0 atom stereocenters. The summed E-state index contributed by atoms with van der Waals surface area (Å²) in [6.07, 6.45) is 0. The molecule has 1 aromatic heterocycles. The number of carbonyl (C=O) groups is 3. The highest BCUT2D eigenvalue weighted by Gasteiger charge is 2.18. The molecule has 2 amide bonds. The number of carbonyl (C=O) groups excluding carboxylic acids is 2. The monoisotopic (exact) mass is 493 g/mol. The van der Waals surface area contributed by atoms with Gasteiger partial charge in [-0.15, -0.1) is 11.3 Å². The van der Waals surface area contributed by atoms with E-state index in [4.69, 9.17) is 0 Å². The molecule has 0 radical (unpaired) electrons. The molecule has 0 aliphatic heterocycles. The van der Waals surface area contributed by atoms with Crippen LogP contribution in [0.25, 0.3) is 10.4 Å². The normalized spacial score (nSPS) is 11.7. The Hall–Kier alpha value is -3.98. The summed E-state index contributed by atoms with van der Waals surface area (Å²) in [6, 6.07) is 11.9. The Kier molecular flexibility index (Phi) is 7.40. The van der Waals surface area contributed by atoms with Gasteiger partial charge in [0, 0.05) is 17.9 Å². The van der Waals surface area contributed by atoms with Gasteiger partial charge in [0.2, 0.25) is 5.91 Å². The zero-order chi connectivity index (χ0) is 25.9. The molecular formula is C26H27N3O5S. The molecule has 0 fully saturated rings. The summed E-state index contributed by atoms with van der Waals surface area (Å²) in [5.41, 5.74) is 5.39. The fourth-order valence-electron chi connectivity index (χ4n) is 3.36. The molecule has 9 heteroatoms. The van der Waals surface area contributed by atoms with Gasteiger partial charge in [0.05, 0.1) is 27.4 Å². The minimum Gasteiger partial charge on any atom is -0.506 e. The minimum absolute atomic E-state index is 0.0101. The van der Waals surface area contributed by atoms with E-state index in [2.05, 4.69) is 36.6 Å². The highest BCUT2D eigenvalue weighted by atomic mass is 32.1. The van der Waals surface area contributed by atoms with Gasteiger partial charge in [0.15, 0.2) is 0 Å². The maximum Gasteiger partial charge on any atom is 0.337 e. The fraction of sp³-hybridized carbons (Fsp3) is 0.231. The molecule has 0 saturated carbocycles. The number of amides is 2. The van der Waals surface area contributed by atoms with Crippen LogP contribution in [0.15, 0.2) is 52.9 Å². The maximum atomic E-state index is 12.6. The van der Waals surface area contributed by atoms with Gasteiger partial charge in [-0.2, -0.15) is 5.10 Å². The van der Waals surface area contributed by atoms with Crippen LogP contribution < -0.4 is 10.7 Å². The molecule has 0 aliphatic carbocycles. The number of carboxylic acid groups (broad SMARTS) is 1. The van der Waals surface area contributed by atoms with E-state index in [0.29, 0.717) is 16.2 Å². The van der Waals surface area contributed by atoms with Crippen molar-refractivity contribution in [3.63, 3.8) is 0 Å². The molecule has 0 bridgehead atoms. The molecule has 0 aliphatic rings. The van der Waals surface area contributed by atoms with Crippen LogP contribution in [0, 0.1) is 0 Å². The van der Waals surface area contributed by atoms with Crippen molar-refractivity contribution in [2.24, 2.45) is 5.10 Å². The lowest BCUT2D eigenvalue weighted by Crippen LogP contribution is -2.20. The van der Waals surface area contributed by atoms with Gasteiger partial charge < -0.3 is 15.5 Å². The Morgan fingerprint density at radius 1 is 0.971 bits per heavy atom. The highest BCUT2D eigenvalue weighted by molar-refractivity contribution is 7.14. The first-order chi connectivity index (χ1) is 16.4. The third-order valence-electron chi connectivity index (χ3n) is 5.32. The van der Waals surface area contributed by atoms with Gasteiger partial charge in [0.25, 0.3) is 5.91 Å². The van der Waals surface area contributed by atoms with Crippen LogP contribution in [-0.4, -0.2) is 33.7 Å². The molecule has 1 heterocycles. The second-order valence-electron chi connectivity index (χ2n) is 9.04. The van der Waals surface area contributed by atoms with Crippen LogP contribution in [0.4, 0.5) is 5.69 Å². The van der Waals surface area contributed by atoms with E-state index in [1.807, 2.05) is 24.3 Å². The predicted octanol–water partition coefficient (Wildman–Crippen LogP) is 5.23. The smallest absolute Gasteiger partial charge is 0.337 e. The summed E-state index contributed by atoms with van der Waals surface area (Å²) in [6.45, 7) is 9.31. The number of carboxylic acids is 1. The SMILES string of the molecule is CC(=O)Nc1cc(C(=O)N/N=C(\C)c2csc(-c3ccc(C(C)(C)C)cc3)c2O)ccc1C(=O)O. The van der Waals surface area contributed by atoms with E-state index in [0.717, 1.165) is 5.56 Å². The van der Waals surface area contributed by atoms with Gasteiger partial charge >= 0.3 is 5.97 Å². The molecular weight excluding hydrogens is 466 g/mol. The van der Waals surface area contributed by atoms with Crippen LogP contribution in [-0.2, 0) is 10.2 Å². The topological polar surface area (TPSA) is 128 Å². The number of rotatable bonds is 6. The van der Waals surface area contributed by atoms with Crippen molar-refractivity contribution < 1.29 is 24.6 Å². The molecule has 0 spiro atoms. The van der Waals surface area contributed by atoms with Crippen molar-refractivity contribution in [2.45, 2.75) is 40.0 Å². The van der Waals surface area contributed by atoms with Crippen LogP contribution in [0.5, 0.6) is 5.75 Å². The summed E-state index contributed by atoms with van der Waals surface area (Å²) in [7, 11) is 0. The lowest BCUT2D eigenvalue weighted by Gasteiger charge is -2.19. The molecule has 3 aromatic rings. The number of benzene rings is 2. The molecule has 4 N–H and O–H groups in total. The third kappa shape index (κ3) is 5.93. The second-order valence-corrected chi connectivity index (χ2v) is 9.92. The molecule has 35 heavy (non-hydrogen) atoms. The number of anilines is 1. The quantitative estimate of drug-likeness (QED) is 0.276. The Balaban J connectivity index is 1.80. The Labute approximate surface area is 207 Å². The predicted molar refractivity (Wildman–Crippen MR) is 138 cm³/mol. The van der Waals surface area contributed by atoms with Gasteiger partial charge in [-0.1, -0.05) is 45.0 Å². The lowest BCUT2D eigenvalue weighted by molar-refractivity contribution is -0.114. The zero-order valence-electron chi connectivity index (χ0n) is 20.1. The number of nitrogens with one attached hydrogen (secondary N) is 2. The Bertz CT molecular complexity index is 1320. The first kappa shape index (κ1) is 25.6. The van der Waals surface area contributed by atoms with Crippen LogP contribution in [0.2, 0.25) is 0 Å². The molecule has 8 nitrogen and oxygen atoms in total. The Morgan fingerprint density at radius 2 is 1.63 bits per heavy atom. The highest BCUT2D eigenvalue weighted by Crippen LogP contribution is 2.39.